The molecule has 1 aromatic carbocycles. The molecule has 0 heterocycles. The predicted octanol–water partition coefficient (Wildman–Crippen LogP) is 1.54. The third kappa shape index (κ3) is 6.08. The van der Waals surface area contributed by atoms with E-state index in [4.69, 9.17) is 21.1 Å². The molecule has 8 heteroatoms. The molecule has 0 aliphatic rings. The molecule has 24 heavy (non-hydrogen) atoms. The molecule has 2 N–H and O–H groups in total. The van der Waals surface area contributed by atoms with Gasteiger partial charge < -0.3 is 20.1 Å². The molecule has 7 nitrogen and oxygen atoms in total. The number of nitrogens with one attached hydrogen (secondary N) is 2. The van der Waals surface area contributed by atoms with Crippen LogP contribution in [0.15, 0.2) is 18.2 Å². The van der Waals surface area contributed by atoms with E-state index in [-0.39, 0.29) is 17.2 Å². The topological polar surface area (TPSA) is 93.7 Å². The van der Waals surface area contributed by atoms with Crippen molar-refractivity contribution in [2.75, 3.05) is 20.3 Å². The Balaban J connectivity index is 2.54. The van der Waals surface area contributed by atoms with Gasteiger partial charge in [0.2, 0.25) is 5.91 Å². The lowest BCUT2D eigenvalue weighted by Crippen LogP contribution is -2.46. The van der Waals surface area contributed by atoms with E-state index in [2.05, 4.69) is 10.6 Å². The lowest BCUT2D eigenvalue weighted by Gasteiger charge is -2.14. The number of methoxy groups -OCH3 is 1. The van der Waals surface area contributed by atoms with E-state index in [1.807, 2.05) is 6.92 Å². The molecule has 132 valence electrons. The zero-order valence-corrected chi connectivity index (χ0v) is 14.6. The van der Waals surface area contributed by atoms with Crippen LogP contribution >= 0.6 is 11.6 Å². The Morgan fingerprint density at radius 3 is 2.62 bits per heavy atom. The molecule has 0 saturated carbocycles. The highest BCUT2D eigenvalue weighted by Crippen LogP contribution is 2.23. The summed E-state index contributed by atoms with van der Waals surface area (Å²) >= 11 is 5.84. The molecule has 2 amide bonds. The fraction of sp³-hybridized carbons (Fsp3) is 0.438. The second-order valence-corrected chi connectivity index (χ2v) is 5.44. The summed E-state index contributed by atoms with van der Waals surface area (Å²) in [7, 11) is 1.41. The second kappa shape index (κ2) is 9.77. The fourth-order valence-corrected chi connectivity index (χ4v) is 1.97. The molecule has 0 spiro atoms. The van der Waals surface area contributed by atoms with E-state index in [1.54, 1.807) is 13.0 Å². The number of hydrogen-bond donors (Lipinski definition) is 2. The Morgan fingerprint density at radius 2 is 2.00 bits per heavy atom. The zero-order chi connectivity index (χ0) is 18.1. The monoisotopic (exact) mass is 356 g/mol. The molecule has 1 aromatic rings. The Hall–Kier alpha value is -2.28. The minimum Gasteiger partial charge on any atom is -0.496 e. The van der Waals surface area contributed by atoms with Crippen molar-refractivity contribution in [1.82, 2.24) is 10.6 Å². The molecule has 0 aromatic heterocycles. The van der Waals surface area contributed by atoms with Crippen molar-refractivity contribution in [2.45, 2.75) is 26.3 Å². The SMILES string of the molecule is CCCNC(=O)[C@H](C)NC(=O)COC(=O)c1cc(Cl)ccc1OC. The van der Waals surface area contributed by atoms with Gasteiger partial charge in [0.15, 0.2) is 6.61 Å². The van der Waals surface area contributed by atoms with Crippen LogP contribution in [0.5, 0.6) is 5.75 Å². The summed E-state index contributed by atoms with van der Waals surface area (Å²) in [6.45, 7) is 3.49. The van der Waals surface area contributed by atoms with Gasteiger partial charge in [-0.1, -0.05) is 18.5 Å². The van der Waals surface area contributed by atoms with Gasteiger partial charge in [-0.2, -0.15) is 0 Å². The predicted molar refractivity (Wildman–Crippen MR) is 89.2 cm³/mol. The number of carbonyl (C=O) groups is 3. The van der Waals surface area contributed by atoms with E-state index >= 15 is 0 Å². The van der Waals surface area contributed by atoms with Gasteiger partial charge in [-0.25, -0.2) is 4.79 Å². The molecule has 0 aliphatic heterocycles. The Morgan fingerprint density at radius 1 is 1.29 bits per heavy atom. The number of benzene rings is 1. The number of amides is 2. The van der Waals surface area contributed by atoms with Gasteiger partial charge in [-0.15, -0.1) is 0 Å². The maximum Gasteiger partial charge on any atom is 0.342 e. The molecular weight excluding hydrogens is 336 g/mol. The molecule has 1 atom stereocenters. The summed E-state index contributed by atoms with van der Waals surface area (Å²) < 4.78 is 9.98. The van der Waals surface area contributed by atoms with Crippen LogP contribution in [0.3, 0.4) is 0 Å². The van der Waals surface area contributed by atoms with Gasteiger partial charge in [0, 0.05) is 11.6 Å². The van der Waals surface area contributed by atoms with Crippen molar-refractivity contribution in [1.29, 1.82) is 0 Å². The number of rotatable bonds is 8. The van der Waals surface area contributed by atoms with Crippen LogP contribution in [0.25, 0.3) is 0 Å². The van der Waals surface area contributed by atoms with Crippen LogP contribution in [0, 0.1) is 0 Å². The van der Waals surface area contributed by atoms with Crippen molar-refractivity contribution in [3.63, 3.8) is 0 Å². The van der Waals surface area contributed by atoms with E-state index in [0.29, 0.717) is 11.6 Å². The first-order valence-electron chi connectivity index (χ1n) is 7.46. The van der Waals surface area contributed by atoms with E-state index in [1.165, 1.54) is 19.2 Å². The zero-order valence-electron chi connectivity index (χ0n) is 13.8. The maximum atomic E-state index is 12.0. The molecule has 0 aliphatic carbocycles. The summed E-state index contributed by atoms with van der Waals surface area (Å²) in [5.74, 6) is -1.33. The van der Waals surface area contributed by atoms with Crippen molar-refractivity contribution in [3.8, 4) is 5.75 Å². The largest absolute Gasteiger partial charge is 0.496 e. The highest BCUT2D eigenvalue weighted by Gasteiger charge is 2.18. The van der Waals surface area contributed by atoms with Gasteiger partial charge in [-0.05, 0) is 31.5 Å². The molecule has 0 unspecified atom stereocenters. The molecular formula is C16H21ClN2O5. The van der Waals surface area contributed by atoms with Gasteiger partial charge in [0.1, 0.15) is 17.4 Å². The summed E-state index contributed by atoms with van der Waals surface area (Å²) in [4.78, 5) is 35.4. The highest BCUT2D eigenvalue weighted by atomic mass is 35.5. The Kier molecular flexibility index (Phi) is 8.05. The first kappa shape index (κ1) is 19.8. The lowest BCUT2D eigenvalue weighted by molar-refractivity contribution is -0.130. The fourth-order valence-electron chi connectivity index (χ4n) is 1.80. The third-order valence-corrected chi connectivity index (χ3v) is 3.27. The third-order valence-electron chi connectivity index (χ3n) is 3.04. The number of hydrogen-bond acceptors (Lipinski definition) is 5. The van der Waals surface area contributed by atoms with Crippen LogP contribution in [0.4, 0.5) is 0 Å². The minimum atomic E-state index is -0.743. The number of esters is 1. The van der Waals surface area contributed by atoms with Crippen LogP contribution in [-0.4, -0.2) is 44.1 Å². The molecule has 0 fully saturated rings. The first-order chi connectivity index (χ1) is 11.4. The lowest BCUT2D eigenvalue weighted by atomic mass is 10.2. The van der Waals surface area contributed by atoms with E-state index in [9.17, 15) is 14.4 Å². The summed E-state index contributed by atoms with van der Waals surface area (Å²) in [6.07, 6.45) is 0.797. The van der Waals surface area contributed by atoms with Crippen molar-refractivity contribution in [2.24, 2.45) is 0 Å². The second-order valence-electron chi connectivity index (χ2n) is 5.00. The van der Waals surface area contributed by atoms with Gasteiger partial charge in [0.25, 0.3) is 5.91 Å². The van der Waals surface area contributed by atoms with Crippen molar-refractivity contribution >= 4 is 29.4 Å². The Labute approximate surface area is 145 Å². The van der Waals surface area contributed by atoms with Crippen LogP contribution in [0.2, 0.25) is 5.02 Å². The quantitative estimate of drug-likeness (QED) is 0.689. The smallest absolute Gasteiger partial charge is 0.342 e. The number of carbonyl (C=O) groups excluding carboxylic acids is 3. The van der Waals surface area contributed by atoms with Gasteiger partial charge >= 0.3 is 5.97 Å². The molecule has 1 rings (SSSR count). The molecule has 0 saturated heterocycles. The molecule has 0 bridgehead atoms. The highest BCUT2D eigenvalue weighted by molar-refractivity contribution is 6.31. The van der Waals surface area contributed by atoms with E-state index in [0.717, 1.165) is 6.42 Å². The van der Waals surface area contributed by atoms with Crippen molar-refractivity contribution in [3.05, 3.63) is 28.8 Å². The Bertz CT molecular complexity index is 606. The first-order valence-corrected chi connectivity index (χ1v) is 7.84. The van der Waals surface area contributed by atoms with Crippen molar-refractivity contribution < 1.29 is 23.9 Å². The summed E-state index contributed by atoms with van der Waals surface area (Å²) in [5.41, 5.74) is 0.117. The summed E-state index contributed by atoms with van der Waals surface area (Å²) in [5, 5.41) is 5.45. The average molecular weight is 357 g/mol. The van der Waals surface area contributed by atoms with Crippen LogP contribution < -0.4 is 15.4 Å². The van der Waals surface area contributed by atoms with Gasteiger partial charge in [-0.3, -0.25) is 9.59 Å². The maximum absolute atomic E-state index is 12.0. The van der Waals surface area contributed by atoms with Gasteiger partial charge in [0.05, 0.1) is 7.11 Å². The van der Waals surface area contributed by atoms with Crippen LogP contribution in [0.1, 0.15) is 30.6 Å². The number of ether oxygens (including phenoxy) is 2. The van der Waals surface area contributed by atoms with E-state index < -0.39 is 24.5 Å². The normalized spacial score (nSPS) is 11.3. The molecule has 0 radical (unpaired) electrons. The van der Waals surface area contributed by atoms with Crippen LogP contribution in [-0.2, 0) is 14.3 Å². The standard InChI is InChI=1S/C16H21ClN2O5/c1-4-7-18-15(21)10(2)19-14(20)9-24-16(22)12-8-11(17)5-6-13(12)23-3/h5-6,8,10H,4,7,9H2,1-3H3,(H,18,21)(H,19,20)/t10-/m0/s1. The number of halogens is 1. The summed E-state index contributed by atoms with van der Waals surface area (Å²) in [6, 6.07) is 3.77. The minimum absolute atomic E-state index is 0.117. The average Bonchev–Trinajstić information content (AvgIpc) is 2.57.